The Morgan fingerprint density at radius 1 is 1.61 bits per heavy atom. The lowest BCUT2D eigenvalue weighted by Crippen LogP contribution is -2.33. The van der Waals surface area contributed by atoms with Crippen molar-refractivity contribution in [1.82, 2.24) is 4.90 Å². The largest absolute Gasteiger partial charge is 0.396 e. The SMILES string of the molecule is [2H]OC[C@@H]1CC[C@H](N2C(=C)C=C(C)C3=C2N=CC3)C1. The van der Waals surface area contributed by atoms with E-state index in [0.717, 1.165) is 37.2 Å². The van der Waals surface area contributed by atoms with E-state index in [0.29, 0.717) is 18.6 Å². The molecule has 0 aromatic carbocycles. The van der Waals surface area contributed by atoms with E-state index < -0.39 is 0 Å². The molecule has 1 N–H and O–H groups in total. The van der Waals surface area contributed by atoms with Gasteiger partial charge in [0, 0.05) is 36.6 Å². The van der Waals surface area contributed by atoms with Crippen molar-refractivity contribution in [1.29, 1.82) is 1.43 Å². The summed E-state index contributed by atoms with van der Waals surface area (Å²) in [6, 6.07) is 0.456. The van der Waals surface area contributed by atoms with E-state index in [4.69, 9.17) is 1.43 Å². The molecule has 3 nitrogen and oxygen atoms in total. The Labute approximate surface area is 110 Å². The van der Waals surface area contributed by atoms with Gasteiger partial charge in [0.25, 0.3) is 0 Å². The Morgan fingerprint density at radius 3 is 3.33 bits per heavy atom. The zero-order valence-corrected chi connectivity index (χ0v) is 10.9. The minimum Gasteiger partial charge on any atom is -0.396 e. The van der Waals surface area contributed by atoms with Crippen molar-refractivity contribution in [2.45, 2.75) is 38.6 Å². The van der Waals surface area contributed by atoms with Crippen LogP contribution < -0.4 is 0 Å². The van der Waals surface area contributed by atoms with Crippen LogP contribution in [0.2, 0.25) is 0 Å². The molecule has 0 aromatic rings. The van der Waals surface area contributed by atoms with E-state index in [1.54, 1.807) is 0 Å². The maximum absolute atomic E-state index is 6.89. The minimum atomic E-state index is 0.456. The van der Waals surface area contributed by atoms with E-state index in [9.17, 15) is 0 Å². The number of hydrogen-bond donors (Lipinski definition) is 1. The normalized spacial score (nSPS) is 31.8. The van der Waals surface area contributed by atoms with Gasteiger partial charge in [0.05, 0.1) is 0 Å². The zero-order valence-electron chi connectivity index (χ0n) is 11.9. The molecule has 1 aliphatic carbocycles. The molecule has 0 saturated heterocycles. The molecule has 2 atom stereocenters. The number of allylic oxidation sites excluding steroid dienone is 3. The summed E-state index contributed by atoms with van der Waals surface area (Å²) in [6.07, 6.45) is 8.42. The first kappa shape index (κ1) is 10.6. The highest BCUT2D eigenvalue weighted by molar-refractivity contribution is 5.71. The van der Waals surface area contributed by atoms with Gasteiger partial charge >= 0.3 is 0 Å². The van der Waals surface area contributed by atoms with Crippen molar-refractivity contribution in [3.8, 4) is 0 Å². The molecule has 0 aromatic heterocycles. The van der Waals surface area contributed by atoms with E-state index in [-0.39, 0.29) is 0 Å². The lowest BCUT2D eigenvalue weighted by atomic mass is 9.99. The van der Waals surface area contributed by atoms with Crippen LogP contribution in [-0.2, 0) is 0 Å². The molecule has 0 unspecified atom stereocenters. The Hall–Kier alpha value is -1.35. The summed E-state index contributed by atoms with van der Waals surface area (Å²) in [5, 5.41) is 4.55. The molecular formula is C15H20N2O. The van der Waals surface area contributed by atoms with Crippen molar-refractivity contribution in [2.75, 3.05) is 6.61 Å². The molecule has 3 aliphatic rings. The number of nitrogens with zero attached hydrogens (tertiary/aromatic N) is 2. The number of hydrogen-bond acceptors (Lipinski definition) is 3. The average Bonchev–Trinajstić information content (AvgIpc) is 2.99. The predicted octanol–water partition coefficient (Wildman–Crippen LogP) is 2.61. The highest BCUT2D eigenvalue weighted by Crippen LogP contribution is 2.40. The number of aliphatic hydroxyl groups is 1. The molecule has 3 heteroatoms. The van der Waals surface area contributed by atoms with Gasteiger partial charge in [0.2, 0.25) is 1.43 Å². The fraction of sp³-hybridized carbons (Fsp3) is 0.533. The molecule has 0 radical (unpaired) electrons. The van der Waals surface area contributed by atoms with Crippen LogP contribution in [0, 0.1) is 5.92 Å². The van der Waals surface area contributed by atoms with Gasteiger partial charge in [0.15, 0.2) is 0 Å². The first-order valence-corrected chi connectivity index (χ1v) is 6.71. The van der Waals surface area contributed by atoms with Crippen molar-refractivity contribution >= 4 is 6.21 Å². The van der Waals surface area contributed by atoms with Gasteiger partial charge < -0.3 is 10.0 Å². The van der Waals surface area contributed by atoms with Crippen molar-refractivity contribution in [3.63, 3.8) is 0 Å². The van der Waals surface area contributed by atoms with E-state index in [1.807, 2.05) is 6.21 Å². The van der Waals surface area contributed by atoms with Crippen LogP contribution in [0.5, 0.6) is 0 Å². The lowest BCUT2D eigenvalue weighted by molar-refractivity contribution is 0.219. The maximum Gasteiger partial charge on any atom is 0.210 e. The molecule has 1 saturated carbocycles. The van der Waals surface area contributed by atoms with E-state index >= 15 is 0 Å². The molecule has 18 heavy (non-hydrogen) atoms. The zero-order chi connectivity index (χ0) is 13.4. The van der Waals surface area contributed by atoms with E-state index in [1.165, 1.54) is 11.1 Å². The Bertz CT molecular complexity index is 492. The molecular weight excluding hydrogens is 224 g/mol. The van der Waals surface area contributed by atoms with Crippen LogP contribution in [0.1, 0.15) is 32.6 Å². The summed E-state index contributed by atoms with van der Waals surface area (Å²) >= 11 is 0. The first-order valence-electron chi connectivity index (χ1n) is 7.12. The topological polar surface area (TPSA) is 35.8 Å². The molecule has 0 spiro atoms. The fourth-order valence-corrected chi connectivity index (χ4v) is 3.32. The van der Waals surface area contributed by atoms with Gasteiger partial charge in [-0.2, -0.15) is 0 Å². The summed E-state index contributed by atoms with van der Waals surface area (Å²) in [4.78, 5) is 6.87. The third-order valence-electron chi connectivity index (χ3n) is 4.29. The molecule has 2 heterocycles. The third kappa shape index (κ3) is 1.74. The monoisotopic (exact) mass is 245 g/mol. The number of aliphatic hydroxyl groups excluding tert-OH is 1. The van der Waals surface area contributed by atoms with Crippen molar-refractivity contribution < 1.29 is 5.11 Å². The molecule has 0 amide bonds. The van der Waals surface area contributed by atoms with Crippen LogP contribution in [0.4, 0.5) is 0 Å². The van der Waals surface area contributed by atoms with Crippen LogP contribution >= 0.6 is 0 Å². The average molecular weight is 245 g/mol. The van der Waals surface area contributed by atoms with Gasteiger partial charge in [-0.1, -0.05) is 6.58 Å². The van der Waals surface area contributed by atoms with Crippen LogP contribution in [0.25, 0.3) is 0 Å². The first-order chi connectivity index (χ1) is 9.20. The smallest absolute Gasteiger partial charge is 0.210 e. The second kappa shape index (κ2) is 4.39. The van der Waals surface area contributed by atoms with Crippen molar-refractivity contribution in [3.05, 3.63) is 35.3 Å². The number of aliphatic imine (C=N–C) groups is 1. The van der Waals surface area contributed by atoms with Gasteiger partial charge in [-0.3, -0.25) is 0 Å². The van der Waals surface area contributed by atoms with Gasteiger partial charge in [-0.05, 0) is 43.8 Å². The second-order valence-electron chi connectivity index (χ2n) is 5.51. The molecule has 1 fully saturated rings. The molecule has 2 aliphatic heterocycles. The van der Waals surface area contributed by atoms with Gasteiger partial charge in [-0.15, -0.1) is 0 Å². The van der Waals surface area contributed by atoms with Crippen LogP contribution in [0.15, 0.2) is 40.3 Å². The predicted molar refractivity (Wildman–Crippen MR) is 73.1 cm³/mol. The third-order valence-corrected chi connectivity index (χ3v) is 4.29. The Balaban J connectivity index is 1.81. The van der Waals surface area contributed by atoms with Gasteiger partial charge in [-0.25, -0.2) is 4.99 Å². The summed E-state index contributed by atoms with van der Waals surface area (Å²) in [5.41, 5.74) is 3.68. The maximum atomic E-state index is 6.89. The highest BCUT2D eigenvalue weighted by atomic mass is 16.3. The minimum absolute atomic E-state index is 0.456. The molecule has 96 valence electrons. The quantitative estimate of drug-likeness (QED) is 0.829. The van der Waals surface area contributed by atoms with Crippen molar-refractivity contribution in [2.24, 2.45) is 10.9 Å². The Morgan fingerprint density at radius 2 is 2.50 bits per heavy atom. The number of rotatable bonds is 3. The standard InChI is InChI=1S/C15H20N2O/c1-10-7-11(2)17(15-14(10)5-6-16-15)13-4-3-12(8-13)9-18/h6-7,12-13,18H,2-5,8-9H2,1H3/t12-,13+/m1/s1/i18D. The summed E-state index contributed by atoms with van der Waals surface area (Å²) in [7, 11) is 0. The van der Waals surface area contributed by atoms with Crippen LogP contribution in [0.3, 0.4) is 0 Å². The summed E-state index contributed by atoms with van der Waals surface area (Å²) in [5.74, 6) is 1.60. The van der Waals surface area contributed by atoms with Crippen LogP contribution in [-0.4, -0.2) is 30.3 Å². The summed E-state index contributed by atoms with van der Waals surface area (Å²) in [6.45, 7) is 6.87. The molecule has 3 rings (SSSR count). The highest BCUT2D eigenvalue weighted by Gasteiger charge is 2.34. The lowest BCUT2D eigenvalue weighted by Gasteiger charge is -2.35. The summed E-state index contributed by atoms with van der Waals surface area (Å²) < 4.78 is 6.89. The fourth-order valence-electron chi connectivity index (χ4n) is 3.32. The Kier molecular flexibility index (Phi) is 2.58. The molecule has 0 bridgehead atoms. The van der Waals surface area contributed by atoms with E-state index in [2.05, 4.69) is 34.6 Å². The second-order valence-corrected chi connectivity index (χ2v) is 5.51. The van der Waals surface area contributed by atoms with Gasteiger partial charge in [0.1, 0.15) is 5.82 Å².